The topological polar surface area (TPSA) is 96.4 Å². The molecule has 3 aromatic rings. The van der Waals surface area contributed by atoms with Crippen molar-refractivity contribution in [2.24, 2.45) is 0 Å². The van der Waals surface area contributed by atoms with E-state index in [-0.39, 0.29) is 17.8 Å². The molecule has 33 heavy (non-hydrogen) atoms. The summed E-state index contributed by atoms with van der Waals surface area (Å²) < 4.78 is 5.35. The lowest BCUT2D eigenvalue weighted by atomic mass is 10.0. The number of carbonyl (C=O) groups is 2. The smallest absolute Gasteiger partial charge is 0.258 e. The van der Waals surface area contributed by atoms with Crippen LogP contribution >= 0.6 is 0 Å². The summed E-state index contributed by atoms with van der Waals surface area (Å²) in [4.78, 5) is 35.5. The Hall–Kier alpha value is -3.78. The molecule has 1 aromatic heterocycles. The number of hydrogen-bond donors (Lipinski definition) is 2. The average molecular weight is 444 g/mol. The summed E-state index contributed by atoms with van der Waals surface area (Å²) in [5.41, 5.74) is 4.09. The highest BCUT2D eigenvalue weighted by Crippen LogP contribution is 2.44. The Bertz CT molecular complexity index is 1160. The first kappa shape index (κ1) is 21.1. The molecule has 2 aliphatic rings. The molecule has 2 amide bonds. The van der Waals surface area contributed by atoms with Crippen molar-refractivity contribution in [1.29, 1.82) is 0 Å². The molecule has 8 nitrogen and oxygen atoms in total. The zero-order chi connectivity index (χ0) is 22.6. The molecule has 1 aliphatic heterocycles. The van der Waals surface area contributed by atoms with E-state index in [2.05, 4.69) is 20.6 Å². The lowest BCUT2D eigenvalue weighted by Crippen LogP contribution is -2.40. The molecule has 2 heterocycles. The number of anilines is 3. The van der Waals surface area contributed by atoms with Crippen LogP contribution in [0.25, 0.3) is 0 Å². The lowest BCUT2D eigenvalue weighted by molar-refractivity contribution is 0.0303. The number of aromatic nitrogens is 2. The standard InChI is InChI=1S/C25H25N5O3/c31-23(29-25-26-9-2-10-27-25)18-7-8-22(21(16-18)17-5-6-17)28-20-4-1-3-19(15-20)24(32)30-11-13-33-14-12-30/h1-4,7-10,15-17,28H,5-6,11-14H2,(H,26,27,29,31). The van der Waals surface area contributed by atoms with Crippen molar-refractivity contribution >= 4 is 29.1 Å². The fourth-order valence-electron chi connectivity index (χ4n) is 3.92. The largest absolute Gasteiger partial charge is 0.378 e. The molecule has 1 saturated carbocycles. The van der Waals surface area contributed by atoms with E-state index >= 15 is 0 Å². The molecule has 0 spiro atoms. The third kappa shape index (κ3) is 5.01. The Morgan fingerprint density at radius 3 is 2.48 bits per heavy atom. The molecular formula is C25H25N5O3. The number of amides is 2. The second-order valence-corrected chi connectivity index (χ2v) is 8.21. The van der Waals surface area contributed by atoms with Gasteiger partial charge in [0, 0.05) is 48.0 Å². The maximum absolute atomic E-state index is 12.8. The number of hydrogen-bond acceptors (Lipinski definition) is 6. The van der Waals surface area contributed by atoms with Crippen molar-refractivity contribution in [3.8, 4) is 0 Å². The van der Waals surface area contributed by atoms with Crippen LogP contribution in [-0.2, 0) is 4.74 Å². The van der Waals surface area contributed by atoms with Gasteiger partial charge in [-0.1, -0.05) is 6.07 Å². The van der Waals surface area contributed by atoms with Gasteiger partial charge in [-0.2, -0.15) is 0 Å². The maximum Gasteiger partial charge on any atom is 0.258 e. The number of benzene rings is 2. The quantitative estimate of drug-likeness (QED) is 0.601. The van der Waals surface area contributed by atoms with E-state index < -0.39 is 0 Å². The molecule has 0 bridgehead atoms. The third-order valence-electron chi connectivity index (χ3n) is 5.81. The van der Waals surface area contributed by atoms with Gasteiger partial charge >= 0.3 is 0 Å². The van der Waals surface area contributed by atoms with Gasteiger partial charge in [0.05, 0.1) is 13.2 Å². The van der Waals surface area contributed by atoms with Crippen LogP contribution in [0.2, 0.25) is 0 Å². The van der Waals surface area contributed by atoms with E-state index in [9.17, 15) is 9.59 Å². The summed E-state index contributed by atoms with van der Waals surface area (Å²) in [5, 5.41) is 6.19. The molecule has 168 valence electrons. The number of rotatable bonds is 6. The summed E-state index contributed by atoms with van der Waals surface area (Å²) in [6.45, 7) is 2.37. The first-order valence-electron chi connectivity index (χ1n) is 11.1. The maximum atomic E-state index is 12.8. The van der Waals surface area contributed by atoms with Gasteiger partial charge in [-0.05, 0) is 66.8 Å². The Kier molecular flexibility index (Phi) is 5.99. The predicted octanol–water partition coefficient (Wildman–Crippen LogP) is 3.82. The Labute approximate surface area is 192 Å². The van der Waals surface area contributed by atoms with Crippen LogP contribution in [0.5, 0.6) is 0 Å². The molecule has 0 radical (unpaired) electrons. The fraction of sp³-hybridized carbons (Fsp3) is 0.280. The molecule has 2 aromatic carbocycles. The molecular weight excluding hydrogens is 418 g/mol. The zero-order valence-electron chi connectivity index (χ0n) is 18.2. The minimum atomic E-state index is -0.243. The second-order valence-electron chi connectivity index (χ2n) is 8.21. The highest BCUT2D eigenvalue weighted by molar-refractivity contribution is 6.04. The van der Waals surface area contributed by atoms with Gasteiger partial charge in [0.15, 0.2) is 0 Å². The number of morpholine rings is 1. The molecule has 5 rings (SSSR count). The van der Waals surface area contributed by atoms with Gasteiger partial charge in [-0.15, -0.1) is 0 Å². The predicted molar refractivity (Wildman–Crippen MR) is 125 cm³/mol. The molecule has 1 aliphatic carbocycles. The Balaban J connectivity index is 1.34. The molecule has 1 saturated heterocycles. The first-order valence-corrected chi connectivity index (χ1v) is 11.1. The van der Waals surface area contributed by atoms with E-state index in [0.717, 1.165) is 29.8 Å². The summed E-state index contributed by atoms with van der Waals surface area (Å²) >= 11 is 0. The van der Waals surface area contributed by atoms with Crippen molar-refractivity contribution in [1.82, 2.24) is 14.9 Å². The second kappa shape index (κ2) is 9.38. The first-order chi connectivity index (χ1) is 16.2. The fourth-order valence-corrected chi connectivity index (χ4v) is 3.92. The van der Waals surface area contributed by atoms with Crippen molar-refractivity contribution in [3.63, 3.8) is 0 Å². The van der Waals surface area contributed by atoms with E-state index in [4.69, 9.17) is 4.74 Å². The molecule has 0 unspecified atom stereocenters. The number of nitrogens with zero attached hydrogens (tertiary/aromatic N) is 3. The molecule has 2 N–H and O–H groups in total. The van der Waals surface area contributed by atoms with E-state index in [1.54, 1.807) is 24.5 Å². The monoisotopic (exact) mass is 443 g/mol. The van der Waals surface area contributed by atoms with Gasteiger partial charge < -0.3 is 15.0 Å². The van der Waals surface area contributed by atoms with Gasteiger partial charge in [0.1, 0.15) is 0 Å². The lowest BCUT2D eigenvalue weighted by Gasteiger charge is -2.27. The molecule has 8 heteroatoms. The summed E-state index contributed by atoms with van der Waals surface area (Å²) in [6.07, 6.45) is 5.36. The zero-order valence-corrected chi connectivity index (χ0v) is 18.2. The molecule has 0 atom stereocenters. The van der Waals surface area contributed by atoms with Gasteiger partial charge in [-0.3, -0.25) is 14.9 Å². The van der Waals surface area contributed by atoms with Crippen LogP contribution in [0.3, 0.4) is 0 Å². The van der Waals surface area contributed by atoms with Crippen LogP contribution in [0, 0.1) is 0 Å². The number of carbonyl (C=O) groups excluding carboxylic acids is 2. The van der Waals surface area contributed by atoms with Crippen LogP contribution in [0.1, 0.15) is 45.0 Å². The van der Waals surface area contributed by atoms with Gasteiger partial charge in [0.25, 0.3) is 11.8 Å². The number of nitrogens with one attached hydrogen (secondary N) is 2. The van der Waals surface area contributed by atoms with Crippen LogP contribution in [0.15, 0.2) is 60.9 Å². The van der Waals surface area contributed by atoms with Crippen LogP contribution in [-0.4, -0.2) is 53.0 Å². The van der Waals surface area contributed by atoms with E-state index in [1.165, 1.54) is 0 Å². The summed E-state index contributed by atoms with van der Waals surface area (Å²) in [5.74, 6) is 0.470. The Morgan fingerprint density at radius 2 is 1.73 bits per heavy atom. The SMILES string of the molecule is O=C(Nc1ncccn1)c1ccc(Nc2cccc(C(=O)N3CCOCC3)c2)c(C2CC2)c1. The third-order valence-corrected chi connectivity index (χ3v) is 5.81. The van der Waals surface area contributed by atoms with Gasteiger partial charge in [-0.25, -0.2) is 9.97 Å². The molecule has 2 fully saturated rings. The normalized spacial score (nSPS) is 15.7. The minimum absolute atomic E-state index is 0.0134. The summed E-state index contributed by atoms with van der Waals surface area (Å²) in [6, 6.07) is 14.9. The van der Waals surface area contributed by atoms with Crippen molar-refractivity contribution < 1.29 is 14.3 Å². The van der Waals surface area contributed by atoms with Crippen LogP contribution in [0.4, 0.5) is 17.3 Å². The van der Waals surface area contributed by atoms with E-state index in [0.29, 0.717) is 43.3 Å². The highest BCUT2D eigenvalue weighted by Gasteiger charge is 2.27. The van der Waals surface area contributed by atoms with Crippen molar-refractivity contribution in [3.05, 3.63) is 77.6 Å². The highest BCUT2D eigenvalue weighted by atomic mass is 16.5. The van der Waals surface area contributed by atoms with Crippen molar-refractivity contribution in [2.75, 3.05) is 36.9 Å². The minimum Gasteiger partial charge on any atom is -0.378 e. The van der Waals surface area contributed by atoms with Gasteiger partial charge in [0.2, 0.25) is 5.95 Å². The van der Waals surface area contributed by atoms with E-state index in [1.807, 2.05) is 41.3 Å². The average Bonchev–Trinajstić information content (AvgIpc) is 3.71. The van der Waals surface area contributed by atoms with Crippen LogP contribution < -0.4 is 10.6 Å². The Morgan fingerprint density at radius 1 is 0.939 bits per heavy atom. The summed E-state index contributed by atoms with van der Waals surface area (Å²) in [7, 11) is 0. The number of ether oxygens (including phenoxy) is 1. The van der Waals surface area contributed by atoms with Crippen molar-refractivity contribution in [2.45, 2.75) is 18.8 Å².